The van der Waals surface area contributed by atoms with Crippen LogP contribution in [0.5, 0.6) is 0 Å². The van der Waals surface area contributed by atoms with Crippen molar-refractivity contribution in [1.29, 1.82) is 0 Å². The van der Waals surface area contributed by atoms with Gasteiger partial charge in [-0.15, -0.1) is 0 Å². The minimum absolute atomic E-state index is 0.124. The van der Waals surface area contributed by atoms with Gasteiger partial charge in [0.25, 0.3) is 0 Å². The van der Waals surface area contributed by atoms with Gasteiger partial charge in [0.2, 0.25) is 5.91 Å². The van der Waals surface area contributed by atoms with Crippen LogP contribution in [-0.4, -0.2) is 47.9 Å². The van der Waals surface area contributed by atoms with Crippen molar-refractivity contribution in [2.45, 2.75) is 38.8 Å². The fourth-order valence-electron chi connectivity index (χ4n) is 2.86. The maximum absolute atomic E-state index is 12.3. The second-order valence-electron chi connectivity index (χ2n) is 5.84. The van der Waals surface area contributed by atoms with Crippen LogP contribution in [0, 0.1) is 0 Å². The van der Waals surface area contributed by atoms with Crippen molar-refractivity contribution in [1.82, 2.24) is 9.80 Å². The minimum Gasteiger partial charge on any atom is -0.340 e. The largest absolute Gasteiger partial charge is 0.340 e. The molecule has 0 aromatic heterocycles. The Bertz CT molecular complexity index is 435. The molecule has 1 unspecified atom stereocenters. The first kappa shape index (κ1) is 16.0. The lowest BCUT2D eigenvalue weighted by Gasteiger charge is -2.24. The van der Waals surface area contributed by atoms with E-state index in [-0.39, 0.29) is 11.9 Å². The molecule has 1 saturated heterocycles. The van der Waals surface area contributed by atoms with Crippen molar-refractivity contribution in [3.8, 4) is 0 Å². The van der Waals surface area contributed by atoms with Crippen molar-refractivity contribution < 1.29 is 4.79 Å². The van der Waals surface area contributed by atoms with E-state index < -0.39 is 0 Å². The molecule has 0 spiro atoms. The van der Waals surface area contributed by atoms with E-state index in [2.05, 4.69) is 36.1 Å². The molecule has 1 atom stereocenters. The van der Waals surface area contributed by atoms with Crippen LogP contribution in [0.1, 0.15) is 31.7 Å². The van der Waals surface area contributed by atoms with E-state index in [9.17, 15) is 4.79 Å². The van der Waals surface area contributed by atoms with E-state index in [0.29, 0.717) is 0 Å². The molecule has 1 amide bonds. The molecule has 0 bridgehead atoms. The summed E-state index contributed by atoms with van der Waals surface area (Å²) in [5.74, 6) is 0.124. The highest BCUT2D eigenvalue weighted by molar-refractivity contribution is 5.81. The summed E-state index contributed by atoms with van der Waals surface area (Å²) >= 11 is 0. The van der Waals surface area contributed by atoms with E-state index in [1.165, 1.54) is 5.56 Å². The predicted octanol–water partition coefficient (Wildman–Crippen LogP) is 1.85. The van der Waals surface area contributed by atoms with Crippen molar-refractivity contribution in [2.24, 2.45) is 5.73 Å². The molecule has 1 aliphatic rings. The van der Waals surface area contributed by atoms with E-state index in [4.69, 9.17) is 5.73 Å². The first-order valence-corrected chi connectivity index (χ1v) is 8.01. The number of benzene rings is 1. The number of carbonyl (C=O) groups excluding carboxylic acids is 1. The van der Waals surface area contributed by atoms with Crippen LogP contribution in [0.2, 0.25) is 0 Å². The summed E-state index contributed by atoms with van der Waals surface area (Å²) in [6, 6.07) is 10.2. The number of hydrogen-bond acceptors (Lipinski definition) is 3. The Balaban J connectivity index is 1.85. The van der Waals surface area contributed by atoms with Crippen molar-refractivity contribution in [3.63, 3.8) is 0 Å². The molecular weight excluding hydrogens is 262 g/mol. The third-order valence-electron chi connectivity index (χ3n) is 4.07. The van der Waals surface area contributed by atoms with E-state index in [0.717, 1.165) is 52.0 Å². The Labute approximate surface area is 127 Å². The Hall–Kier alpha value is -1.39. The van der Waals surface area contributed by atoms with Gasteiger partial charge < -0.3 is 10.6 Å². The number of nitrogens with two attached hydrogens (primary N) is 1. The molecule has 4 heteroatoms. The molecule has 0 saturated carbocycles. The standard InChI is InChI=1S/C17H27N3O/c1-2-7-16(18)17(21)20-11-6-10-19(12-13-20)14-15-8-4-3-5-9-15/h3-5,8-9,16H,2,6-7,10-14,18H2,1H3. The molecule has 0 radical (unpaired) electrons. The SMILES string of the molecule is CCCC(N)C(=O)N1CCCN(Cc2ccccc2)CC1. The lowest BCUT2D eigenvalue weighted by atomic mass is 10.1. The van der Waals surface area contributed by atoms with E-state index >= 15 is 0 Å². The molecule has 1 fully saturated rings. The zero-order valence-electron chi connectivity index (χ0n) is 13.0. The van der Waals surface area contributed by atoms with Crippen LogP contribution >= 0.6 is 0 Å². The average molecular weight is 289 g/mol. The summed E-state index contributed by atoms with van der Waals surface area (Å²) in [6.07, 6.45) is 2.77. The first-order valence-electron chi connectivity index (χ1n) is 8.01. The highest BCUT2D eigenvalue weighted by Gasteiger charge is 2.23. The third kappa shape index (κ3) is 4.83. The summed E-state index contributed by atoms with van der Waals surface area (Å²) in [7, 11) is 0. The third-order valence-corrected chi connectivity index (χ3v) is 4.07. The number of carbonyl (C=O) groups is 1. The minimum atomic E-state index is -0.323. The van der Waals surface area contributed by atoms with E-state index in [1.807, 2.05) is 11.0 Å². The molecular formula is C17H27N3O. The smallest absolute Gasteiger partial charge is 0.239 e. The lowest BCUT2D eigenvalue weighted by molar-refractivity contribution is -0.132. The van der Waals surface area contributed by atoms with Crippen molar-refractivity contribution >= 4 is 5.91 Å². The van der Waals surface area contributed by atoms with Crippen LogP contribution in [0.15, 0.2) is 30.3 Å². The van der Waals surface area contributed by atoms with Crippen molar-refractivity contribution in [2.75, 3.05) is 26.2 Å². The Morgan fingerprint density at radius 3 is 2.67 bits per heavy atom. The zero-order chi connectivity index (χ0) is 15.1. The monoisotopic (exact) mass is 289 g/mol. The van der Waals surface area contributed by atoms with Crippen LogP contribution < -0.4 is 5.73 Å². The summed E-state index contributed by atoms with van der Waals surface area (Å²) in [6.45, 7) is 6.63. The van der Waals surface area contributed by atoms with Gasteiger partial charge in [-0.1, -0.05) is 43.7 Å². The van der Waals surface area contributed by atoms with Gasteiger partial charge in [0.05, 0.1) is 6.04 Å². The second-order valence-corrected chi connectivity index (χ2v) is 5.84. The molecule has 2 N–H and O–H groups in total. The van der Waals surface area contributed by atoms with Gasteiger partial charge in [-0.3, -0.25) is 9.69 Å². The van der Waals surface area contributed by atoms with Crippen LogP contribution in [0.4, 0.5) is 0 Å². The topological polar surface area (TPSA) is 49.6 Å². The summed E-state index contributed by atoms with van der Waals surface area (Å²) in [5.41, 5.74) is 7.30. The van der Waals surface area contributed by atoms with Crippen LogP contribution in [0.3, 0.4) is 0 Å². The van der Waals surface area contributed by atoms with Gasteiger partial charge in [-0.05, 0) is 18.4 Å². The molecule has 1 heterocycles. The first-order chi connectivity index (χ1) is 10.2. The van der Waals surface area contributed by atoms with Gasteiger partial charge in [-0.2, -0.15) is 0 Å². The Kier molecular flexibility index (Phi) is 6.21. The number of hydrogen-bond donors (Lipinski definition) is 1. The quantitative estimate of drug-likeness (QED) is 0.900. The number of rotatable bonds is 5. The second kappa shape index (κ2) is 8.15. The molecule has 4 nitrogen and oxygen atoms in total. The van der Waals surface area contributed by atoms with Gasteiger partial charge in [0.15, 0.2) is 0 Å². The normalized spacial score (nSPS) is 18.3. The predicted molar refractivity (Wildman–Crippen MR) is 85.8 cm³/mol. The summed E-state index contributed by atoms with van der Waals surface area (Å²) in [5, 5.41) is 0. The summed E-state index contributed by atoms with van der Waals surface area (Å²) in [4.78, 5) is 16.7. The molecule has 116 valence electrons. The van der Waals surface area contributed by atoms with Crippen LogP contribution in [-0.2, 0) is 11.3 Å². The average Bonchev–Trinajstić information content (AvgIpc) is 2.73. The van der Waals surface area contributed by atoms with Gasteiger partial charge in [0, 0.05) is 32.7 Å². The molecule has 2 rings (SSSR count). The Morgan fingerprint density at radius 1 is 1.19 bits per heavy atom. The van der Waals surface area contributed by atoms with E-state index in [1.54, 1.807) is 0 Å². The highest BCUT2D eigenvalue weighted by atomic mass is 16.2. The fourth-order valence-corrected chi connectivity index (χ4v) is 2.86. The Morgan fingerprint density at radius 2 is 1.95 bits per heavy atom. The molecule has 1 aliphatic heterocycles. The lowest BCUT2D eigenvalue weighted by Crippen LogP contribution is -2.45. The molecule has 21 heavy (non-hydrogen) atoms. The maximum atomic E-state index is 12.3. The van der Waals surface area contributed by atoms with Crippen molar-refractivity contribution in [3.05, 3.63) is 35.9 Å². The fraction of sp³-hybridized carbons (Fsp3) is 0.588. The van der Waals surface area contributed by atoms with Gasteiger partial charge >= 0.3 is 0 Å². The maximum Gasteiger partial charge on any atom is 0.239 e. The zero-order valence-corrected chi connectivity index (χ0v) is 13.0. The van der Waals surface area contributed by atoms with Gasteiger partial charge in [0.1, 0.15) is 0 Å². The summed E-state index contributed by atoms with van der Waals surface area (Å²) < 4.78 is 0. The molecule has 1 aromatic rings. The highest BCUT2D eigenvalue weighted by Crippen LogP contribution is 2.10. The molecule has 0 aliphatic carbocycles. The van der Waals surface area contributed by atoms with Gasteiger partial charge in [-0.25, -0.2) is 0 Å². The van der Waals surface area contributed by atoms with Crippen LogP contribution in [0.25, 0.3) is 0 Å². The molecule has 1 aromatic carbocycles. The number of nitrogens with zero attached hydrogens (tertiary/aromatic N) is 2. The number of amides is 1.